The van der Waals surface area contributed by atoms with Crippen molar-refractivity contribution in [1.82, 2.24) is 10.3 Å². The minimum atomic E-state index is -3.31. The number of benzene rings is 2. The summed E-state index contributed by atoms with van der Waals surface area (Å²) in [5.41, 5.74) is 3.88. The number of hydrogen-bond acceptors (Lipinski definition) is 7. The molecule has 7 nitrogen and oxygen atoms in total. The molecule has 2 aromatic carbocycles. The van der Waals surface area contributed by atoms with Gasteiger partial charge in [-0.15, -0.1) is 0 Å². The molecule has 0 amide bonds. The Balaban J connectivity index is 1.63. The molecule has 8 heteroatoms. The van der Waals surface area contributed by atoms with E-state index in [9.17, 15) is 8.42 Å². The van der Waals surface area contributed by atoms with Crippen LogP contribution in [0.3, 0.4) is 0 Å². The Morgan fingerprint density at radius 3 is 2.78 bits per heavy atom. The summed E-state index contributed by atoms with van der Waals surface area (Å²) in [6.45, 7) is 6.04. The van der Waals surface area contributed by atoms with Crippen LogP contribution in [0.1, 0.15) is 11.1 Å². The second-order valence-corrected chi connectivity index (χ2v) is 10.1. The van der Waals surface area contributed by atoms with Crippen LogP contribution < -0.4 is 15.5 Å². The van der Waals surface area contributed by atoms with Gasteiger partial charge in [-0.3, -0.25) is 0 Å². The van der Waals surface area contributed by atoms with Crippen LogP contribution in [0.2, 0.25) is 0 Å². The third kappa shape index (κ3) is 5.03. The topological polar surface area (TPSA) is 83.6 Å². The number of sulfone groups is 1. The predicted octanol–water partition coefficient (Wildman–Crippen LogP) is 2.99. The molecule has 0 fully saturated rings. The summed E-state index contributed by atoms with van der Waals surface area (Å²) < 4.78 is 30.6. The Hall–Kier alpha value is -2.68. The normalized spacial score (nSPS) is 15.4. The highest BCUT2D eigenvalue weighted by Gasteiger charge is 2.26. The highest BCUT2D eigenvalue weighted by atomic mass is 32.2. The van der Waals surface area contributed by atoms with Crippen LogP contribution in [0.25, 0.3) is 10.9 Å². The van der Waals surface area contributed by atoms with Gasteiger partial charge in [-0.25, -0.2) is 13.4 Å². The Bertz CT molecular complexity index is 1200. The van der Waals surface area contributed by atoms with Gasteiger partial charge in [-0.05, 0) is 30.7 Å². The lowest BCUT2D eigenvalue weighted by Crippen LogP contribution is -2.27. The molecule has 3 aromatic rings. The number of aryl methyl sites for hydroxylation is 1. The zero-order chi connectivity index (χ0) is 22.6. The molecule has 1 aromatic heterocycles. The molecule has 1 aliphatic heterocycles. The van der Waals surface area contributed by atoms with Gasteiger partial charge in [-0.2, -0.15) is 0 Å². The number of ether oxygens (including phenoxy) is 1. The van der Waals surface area contributed by atoms with Crippen molar-refractivity contribution in [1.29, 1.82) is 0 Å². The molecule has 0 saturated heterocycles. The fourth-order valence-corrected chi connectivity index (χ4v) is 5.48. The summed E-state index contributed by atoms with van der Waals surface area (Å²) in [4.78, 5) is 7.38. The van der Waals surface area contributed by atoms with E-state index in [0.717, 1.165) is 47.6 Å². The van der Waals surface area contributed by atoms with Gasteiger partial charge >= 0.3 is 0 Å². The molecule has 0 atom stereocenters. The maximum absolute atomic E-state index is 12.8. The Morgan fingerprint density at radius 2 is 1.94 bits per heavy atom. The summed E-state index contributed by atoms with van der Waals surface area (Å²) in [6, 6.07) is 15.5. The Morgan fingerprint density at radius 1 is 1.09 bits per heavy atom. The standard InChI is InChI=1S/C24H30N4O3S/c1-18-7-8-21-20(15-18)22(26-10-9-25-11-13-31-2)16-24(27-21)28-12-14-32(29,30)23-6-4-3-5-19(23)17-28/h3-8,15-16,25H,9-14,17H2,1-2H3,(H,26,27). The fraction of sp³-hybridized carbons (Fsp3) is 0.375. The number of anilines is 2. The van der Waals surface area contributed by atoms with Crippen molar-refractivity contribution in [2.24, 2.45) is 0 Å². The van der Waals surface area contributed by atoms with Crippen LogP contribution in [0.15, 0.2) is 53.4 Å². The van der Waals surface area contributed by atoms with Gasteiger partial charge in [0.15, 0.2) is 9.84 Å². The minimum Gasteiger partial charge on any atom is -0.383 e. The number of pyridine rings is 1. The van der Waals surface area contributed by atoms with Crippen LogP contribution in [0.4, 0.5) is 11.5 Å². The molecular formula is C24H30N4O3S. The molecule has 2 N–H and O–H groups in total. The molecule has 0 unspecified atom stereocenters. The lowest BCUT2D eigenvalue weighted by Gasteiger charge is -2.23. The van der Waals surface area contributed by atoms with Crippen molar-refractivity contribution in [2.45, 2.75) is 18.4 Å². The van der Waals surface area contributed by atoms with Crippen molar-refractivity contribution < 1.29 is 13.2 Å². The van der Waals surface area contributed by atoms with E-state index in [-0.39, 0.29) is 5.75 Å². The minimum absolute atomic E-state index is 0.0732. The van der Waals surface area contributed by atoms with E-state index in [1.54, 1.807) is 19.2 Å². The van der Waals surface area contributed by atoms with Crippen molar-refractivity contribution in [2.75, 3.05) is 55.9 Å². The second kappa shape index (κ2) is 9.85. The number of nitrogens with zero attached hydrogens (tertiary/aromatic N) is 2. The van der Waals surface area contributed by atoms with Gasteiger partial charge in [0.25, 0.3) is 0 Å². The summed E-state index contributed by atoms with van der Waals surface area (Å²) in [6.07, 6.45) is 0. The van der Waals surface area contributed by atoms with Crippen LogP contribution in [0.5, 0.6) is 0 Å². The number of nitrogens with one attached hydrogen (secondary N) is 2. The molecule has 4 rings (SSSR count). The lowest BCUT2D eigenvalue weighted by molar-refractivity contribution is 0.200. The van der Waals surface area contributed by atoms with Gasteiger partial charge < -0.3 is 20.3 Å². The lowest BCUT2D eigenvalue weighted by atomic mass is 10.1. The SMILES string of the molecule is COCCNCCNc1cc(N2CCS(=O)(=O)c3ccccc3C2)nc2ccc(C)cc12. The number of fused-ring (bicyclic) bond motifs is 2. The molecule has 1 aliphatic rings. The van der Waals surface area contributed by atoms with Gasteiger partial charge in [-0.1, -0.05) is 29.8 Å². The van der Waals surface area contributed by atoms with Crippen LogP contribution in [0, 0.1) is 6.92 Å². The van der Waals surface area contributed by atoms with Crippen molar-refractivity contribution in [3.8, 4) is 0 Å². The third-order valence-electron chi connectivity index (χ3n) is 5.67. The zero-order valence-electron chi connectivity index (χ0n) is 18.6. The third-order valence-corrected chi connectivity index (χ3v) is 7.46. The molecule has 2 heterocycles. The summed E-state index contributed by atoms with van der Waals surface area (Å²) in [5.74, 6) is 0.854. The molecule has 170 valence electrons. The smallest absolute Gasteiger partial charge is 0.180 e. The average molecular weight is 455 g/mol. The van der Waals surface area contributed by atoms with E-state index in [4.69, 9.17) is 9.72 Å². The number of aromatic nitrogens is 1. The first-order valence-electron chi connectivity index (χ1n) is 10.9. The summed E-state index contributed by atoms with van der Waals surface area (Å²) >= 11 is 0. The molecule has 0 radical (unpaired) electrons. The number of methoxy groups -OCH3 is 1. The van der Waals surface area contributed by atoms with E-state index in [2.05, 4.69) is 34.6 Å². The largest absolute Gasteiger partial charge is 0.383 e. The first kappa shape index (κ1) is 22.5. The highest BCUT2D eigenvalue weighted by Crippen LogP contribution is 2.31. The fourth-order valence-electron chi connectivity index (χ4n) is 3.98. The van der Waals surface area contributed by atoms with Crippen molar-refractivity contribution in [3.05, 3.63) is 59.7 Å². The predicted molar refractivity (Wildman–Crippen MR) is 129 cm³/mol. The van der Waals surface area contributed by atoms with Crippen LogP contribution in [-0.2, 0) is 21.1 Å². The van der Waals surface area contributed by atoms with Crippen molar-refractivity contribution >= 4 is 32.2 Å². The van der Waals surface area contributed by atoms with E-state index < -0.39 is 9.84 Å². The first-order chi connectivity index (χ1) is 15.5. The maximum atomic E-state index is 12.8. The molecule has 0 bridgehead atoms. The number of rotatable bonds is 8. The molecule has 0 saturated carbocycles. The maximum Gasteiger partial charge on any atom is 0.180 e. The Kier molecular flexibility index (Phi) is 6.93. The van der Waals surface area contributed by atoms with E-state index in [1.807, 2.05) is 24.3 Å². The van der Waals surface area contributed by atoms with E-state index >= 15 is 0 Å². The van der Waals surface area contributed by atoms with Crippen LogP contribution >= 0.6 is 0 Å². The monoisotopic (exact) mass is 454 g/mol. The quantitative estimate of drug-likeness (QED) is 0.506. The van der Waals surface area contributed by atoms with Gasteiger partial charge in [0.2, 0.25) is 0 Å². The molecular weight excluding hydrogens is 424 g/mol. The van der Waals surface area contributed by atoms with E-state index in [1.165, 1.54) is 5.56 Å². The molecule has 0 aliphatic carbocycles. The molecule has 0 spiro atoms. The highest BCUT2D eigenvalue weighted by molar-refractivity contribution is 7.91. The van der Waals surface area contributed by atoms with Crippen LogP contribution in [-0.4, -0.2) is 59.1 Å². The average Bonchev–Trinajstić information content (AvgIpc) is 2.92. The second-order valence-electron chi connectivity index (χ2n) is 8.07. The van der Waals surface area contributed by atoms with Crippen molar-refractivity contribution in [3.63, 3.8) is 0 Å². The van der Waals surface area contributed by atoms with Gasteiger partial charge in [0.1, 0.15) is 5.82 Å². The number of hydrogen-bond donors (Lipinski definition) is 2. The van der Waals surface area contributed by atoms with Gasteiger partial charge in [0.05, 0.1) is 22.8 Å². The molecule has 32 heavy (non-hydrogen) atoms. The van der Waals surface area contributed by atoms with E-state index in [0.29, 0.717) is 24.6 Å². The summed E-state index contributed by atoms with van der Waals surface area (Å²) in [7, 11) is -1.61. The Labute approximate surface area is 189 Å². The summed E-state index contributed by atoms with van der Waals surface area (Å²) in [5, 5.41) is 7.94. The zero-order valence-corrected chi connectivity index (χ0v) is 19.4. The van der Waals surface area contributed by atoms with Gasteiger partial charge in [0, 0.05) is 57.0 Å². The first-order valence-corrected chi connectivity index (χ1v) is 12.5.